The number of pyridine rings is 1. The Balaban J connectivity index is 2.15. The Bertz CT molecular complexity index is 313. The van der Waals surface area contributed by atoms with Crippen molar-refractivity contribution in [2.75, 3.05) is 20.1 Å². The summed E-state index contributed by atoms with van der Waals surface area (Å²) in [4.78, 5) is 7.19. The molecule has 0 amide bonds. The van der Waals surface area contributed by atoms with Crippen LogP contribution in [0.15, 0.2) is 24.4 Å². The molecule has 2 N–H and O–H groups in total. The van der Waals surface area contributed by atoms with Gasteiger partial charge < -0.3 is 10.6 Å². The van der Waals surface area contributed by atoms with E-state index in [1.54, 1.807) is 0 Å². The van der Waals surface area contributed by atoms with Crippen molar-refractivity contribution in [2.45, 2.75) is 19.3 Å². The fourth-order valence-corrected chi connectivity index (χ4v) is 1.63. The zero-order valence-electron chi connectivity index (χ0n) is 9.72. The van der Waals surface area contributed by atoms with Gasteiger partial charge in [0.05, 0.1) is 4.99 Å². The number of aromatic nitrogens is 1. The van der Waals surface area contributed by atoms with Crippen LogP contribution >= 0.6 is 12.2 Å². The van der Waals surface area contributed by atoms with Crippen LogP contribution in [0.3, 0.4) is 0 Å². The smallest absolute Gasteiger partial charge is 0.0727 e. The van der Waals surface area contributed by atoms with Crippen molar-refractivity contribution < 1.29 is 0 Å². The van der Waals surface area contributed by atoms with Crippen LogP contribution in [-0.2, 0) is 6.42 Å². The molecule has 88 valence electrons. The van der Waals surface area contributed by atoms with Crippen LogP contribution in [0.1, 0.15) is 18.5 Å². The molecular formula is C12H19N3S. The molecule has 1 aromatic heterocycles. The second kappa shape index (κ2) is 7.30. The average molecular weight is 237 g/mol. The van der Waals surface area contributed by atoms with Crippen LogP contribution in [0.5, 0.6) is 0 Å². The second-order valence-corrected chi connectivity index (χ2v) is 4.47. The normalized spacial score (nSPS) is 10.6. The molecule has 0 atom stereocenters. The second-order valence-electron chi connectivity index (χ2n) is 3.94. The molecular weight excluding hydrogens is 218 g/mol. The minimum Gasteiger partial charge on any atom is -0.393 e. The first-order chi connectivity index (χ1) is 7.68. The number of nitrogens with two attached hydrogens (primary N) is 1. The van der Waals surface area contributed by atoms with Crippen molar-refractivity contribution >= 4 is 17.2 Å². The molecule has 1 rings (SSSR count). The van der Waals surface area contributed by atoms with Gasteiger partial charge in [0.15, 0.2) is 0 Å². The predicted octanol–water partition coefficient (Wildman–Crippen LogP) is 1.62. The van der Waals surface area contributed by atoms with E-state index in [2.05, 4.69) is 23.0 Å². The Labute approximate surface area is 103 Å². The lowest BCUT2D eigenvalue weighted by Crippen LogP contribution is -2.23. The molecule has 0 saturated carbocycles. The fraction of sp³-hybridized carbons (Fsp3) is 0.500. The molecule has 3 nitrogen and oxygen atoms in total. The van der Waals surface area contributed by atoms with Crippen molar-refractivity contribution in [3.8, 4) is 0 Å². The summed E-state index contributed by atoms with van der Waals surface area (Å²) in [5.74, 6) is 0. The first kappa shape index (κ1) is 13.1. The topological polar surface area (TPSA) is 42.1 Å². The van der Waals surface area contributed by atoms with Gasteiger partial charge in [-0.3, -0.25) is 4.98 Å². The minimum absolute atomic E-state index is 0.609. The van der Waals surface area contributed by atoms with Crippen molar-refractivity contribution in [2.24, 2.45) is 5.73 Å². The maximum absolute atomic E-state index is 5.45. The summed E-state index contributed by atoms with van der Waals surface area (Å²) >= 11 is 4.84. The van der Waals surface area contributed by atoms with Gasteiger partial charge in [-0.25, -0.2) is 0 Å². The molecule has 0 radical (unpaired) electrons. The van der Waals surface area contributed by atoms with Gasteiger partial charge in [-0.2, -0.15) is 0 Å². The molecule has 16 heavy (non-hydrogen) atoms. The monoisotopic (exact) mass is 237 g/mol. The fourth-order valence-electron chi connectivity index (χ4n) is 1.49. The summed E-state index contributed by atoms with van der Waals surface area (Å²) in [7, 11) is 2.11. The third-order valence-electron chi connectivity index (χ3n) is 2.44. The molecule has 0 aliphatic carbocycles. The summed E-state index contributed by atoms with van der Waals surface area (Å²) in [6.07, 6.45) is 4.70. The van der Waals surface area contributed by atoms with Gasteiger partial charge in [-0.1, -0.05) is 18.3 Å². The van der Waals surface area contributed by atoms with Gasteiger partial charge in [0.2, 0.25) is 0 Å². The first-order valence-corrected chi connectivity index (χ1v) is 5.96. The summed E-state index contributed by atoms with van der Waals surface area (Å²) in [6, 6.07) is 6.02. The van der Waals surface area contributed by atoms with E-state index in [9.17, 15) is 0 Å². The van der Waals surface area contributed by atoms with E-state index >= 15 is 0 Å². The zero-order valence-corrected chi connectivity index (χ0v) is 10.5. The Morgan fingerprint density at radius 2 is 2.25 bits per heavy atom. The first-order valence-electron chi connectivity index (χ1n) is 5.55. The Morgan fingerprint density at radius 1 is 1.44 bits per heavy atom. The van der Waals surface area contributed by atoms with Crippen molar-refractivity contribution in [3.05, 3.63) is 30.1 Å². The predicted molar refractivity (Wildman–Crippen MR) is 71.5 cm³/mol. The lowest BCUT2D eigenvalue weighted by molar-refractivity contribution is 0.335. The van der Waals surface area contributed by atoms with Crippen molar-refractivity contribution in [1.82, 2.24) is 9.88 Å². The van der Waals surface area contributed by atoms with Crippen LogP contribution in [0.2, 0.25) is 0 Å². The summed E-state index contributed by atoms with van der Waals surface area (Å²) in [5.41, 5.74) is 6.59. The molecule has 0 unspecified atom stereocenters. The molecule has 1 heterocycles. The molecule has 4 heteroatoms. The highest BCUT2D eigenvalue weighted by molar-refractivity contribution is 7.80. The Kier molecular flexibility index (Phi) is 5.96. The van der Waals surface area contributed by atoms with Gasteiger partial charge in [0, 0.05) is 24.9 Å². The molecule has 0 bridgehead atoms. The lowest BCUT2D eigenvalue weighted by atomic mass is 10.2. The largest absolute Gasteiger partial charge is 0.393 e. The summed E-state index contributed by atoms with van der Waals surface area (Å²) in [6.45, 7) is 2.05. The lowest BCUT2D eigenvalue weighted by Gasteiger charge is -2.15. The Morgan fingerprint density at radius 3 is 2.88 bits per heavy atom. The third-order valence-corrected chi connectivity index (χ3v) is 2.64. The zero-order chi connectivity index (χ0) is 11.8. The maximum Gasteiger partial charge on any atom is 0.0727 e. The Hall–Kier alpha value is -1.00. The number of thiocarbonyl (C=S) groups is 1. The molecule has 0 aliphatic heterocycles. The molecule has 0 aromatic carbocycles. The van der Waals surface area contributed by atoms with E-state index in [0.717, 1.165) is 38.0 Å². The summed E-state index contributed by atoms with van der Waals surface area (Å²) in [5, 5.41) is 0. The standard InChI is InChI=1S/C12H19N3S/c1-15(9-4-6-12(13)16)10-7-11-5-2-3-8-14-11/h2-3,5,8H,4,6-7,9-10H2,1H3,(H2,13,16). The van der Waals surface area contributed by atoms with Gasteiger partial charge in [0.25, 0.3) is 0 Å². The molecule has 1 aromatic rings. The van der Waals surface area contributed by atoms with Crippen LogP contribution < -0.4 is 5.73 Å². The number of nitrogens with zero attached hydrogens (tertiary/aromatic N) is 2. The quantitative estimate of drug-likeness (QED) is 0.732. The van der Waals surface area contributed by atoms with Gasteiger partial charge >= 0.3 is 0 Å². The number of hydrogen-bond donors (Lipinski definition) is 1. The van der Waals surface area contributed by atoms with E-state index in [1.807, 2.05) is 18.3 Å². The van der Waals surface area contributed by atoms with Crippen LogP contribution in [0.4, 0.5) is 0 Å². The molecule has 0 saturated heterocycles. The highest BCUT2D eigenvalue weighted by Crippen LogP contribution is 1.98. The number of rotatable bonds is 7. The highest BCUT2D eigenvalue weighted by Gasteiger charge is 2.00. The number of likely N-dealkylation sites (N-methyl/N-ethyl adjacent to an activating group) is 1. The van der Waals surface area contributed by atoms with E-state index in [4.69, 9.17) is 18.0 Å². The van der Waals surface area contributed by atoms with E-state index < -0.39 is 0 Å². The van der Waals surface area contributed by atoms with E-state index in [0.29, 0.717) is 4.99 Å². The van der Waals surface area contributed by atoms with Crippen LogP contribution in [0.25, 0.3) is 0 Å². The van der Waals surface area contributed by atoms with Gasteiger partial charge in [-0.05, 0) is 38.6 Å². The van der Waals surface area contributed by atoms with E-state index in [-0.39, 0.29) is 0 Å². The third kappa shape index (κ3) is 5.78. The molecule has 0 aliphatic rings. The van der Waals surface area contributed by atoms with Crippen LogP contribution in [0, 0.1) is 0 Å². The highest BCUT2D eigenvalue weighted by atomic mass is 32.1. The van der Waals surface area contributed by atoms with E-state index in [1.165, 1.54) is 0 Å². The number of hydrogen-bond acceptors (Lipinski definition) is 3. The van der Waals surface area contributed by atoms with Crippen molar-refractivity contribution in [3.63, 3.8) is 0 Å². The molecule has 0 fully saturated rings. The average Bonchev–Trinajstić information content (AvgIpc) is 2.27. The SMILES string of the molecule is CN(CCCC(N)=S)CCc1ccccn1. The van der Waals surface area contributed by atoms with Crippen molar-refractivity contribution in [1.29, 1.82) is 0 Å². The molecule has 0 spiro atoms. The van der Waals surface area contributed by atoms with Crippen LogP contribution in [-0.4, -0.2) is 35.0 Å². The van der Waals surface area contributed by atoms with Gasteiger partial charge in [0.1, 0.15) is 0 Å². The summed E-state index contributed by atoms with van der Waals surface area (Å²) < 4.78 is 0. The minimum atomic E-state index is 0.609. The van der Waals surface area contributed by atoms with Gasteiger partial charge in [-0.15, -0.1) is 0 Å². The maximum atomic E-state index is 5.45.